The molecule has 0 unspecified atom stereocenters. The number of carbonyl (C=O) groups is 3. The highest BCUT2D eigenvalue weighted by molar-refractivity contribution is 8.01. The Morgan fingerprint density at radius 2 is 2.12 bits per heavy atom. The molecule has 2 heterocycles. The van der Waals surface area contributed by atoms with Gasteiger partial charge in [0.1, 0.15) is 6.04 Å². The lowest BCUT2D eigenvalue weighted by atomic mass is 10.1. The van der Waals surface area contributed by atoms with Crippen molar-refractivity contribution >= 4 is 52.6 Å². The Labute approximate surface area is 153 Å². The predicted molar refractivity (Wildman–Crippen MR) is 92.5 cm³/mol. The van der Waals surface area contributed by atoms with Crippen molar-refractivity contribution in [3.8, 4) is 0 Å². The van der Waals surface area contributed by atoms with Crippen LogP contribution in [-0.2, 0) is 14.3 Å². The van der Waals surface area contributed by atoms with Crippen LogP contribution >= 0.6 is 35.0 Å². The van der Waals surface area contributed by atoms with Crippen LogP contribution in [0.25, 0.3) is 0 Å². The SMILES string of the molecule is C[C@]12CCC(=O)N1[C@@H](C(=O)OCC(=O)c1ccc(Cl)c(Cl)c1)CS2. The number of ether oxygens (including phenoxy) is 1. The van der Waals surface area contributed by atoms with E-state index in [2.05, 4.69) is 0 Å². The van der Waals surface area contributed by atoms with Crippen LogP contribution in [0.5, 0.6) is 0 Å². The van der Waals surface area contributed by atoms with Gasteiger partial charge >= 0.3 is 5.97 Å². The molecule has 0 saturated carbocycles. The average molecular weight is 388 g/mol. The third-order valence-electron chi connectivity index (χ3n) is 4.30. The first kappa shape index (κ1) is 17.6. The Bertz CT molecular complexity index is 726. The van der Waals surface area contributed by atoms with Gasteiger partial charge in [0.05, 0.1) is 14.9 Å². The van der Waals surface area contributed by atoms with Gasteiger partial charge in [0.25, 0.3) is 0 Å². The number of esters is 1. The lowest BCUT2D eigenvalue weighted by molar-refractivity contribution is -0.152. The van der Waals surface area contributed by atoms with Gasteiger partial charge in [0.15, 0.2) is 12.4 Å². The molecule has 0 aromatic heterocycles. The summed E-state index contributed by atoms with van der Waals surface area (Å²) >= 11 is 13.3. The maximum atomic E-state index is 12.3. The van der Waals surface area contributed by atoms with Crippen molar-refractivity contribution in [2.75, 3.05) is 12.4 Å². The zero-order valence-electron chi connectivity index (χ0n) is 12.9. The third kappa shape index (κ3) is 3.15. The average Bonchev–Trinajstić information content (AvgIpc) is 3.04. The molecular formula is C16H15Cl2NO4S. The van der Waals surface area contributed by atoms with Gasteiger partial charge in [-0.1, -0.05) is 23.2 Å². The molecule has 8 heteroatoms. The zero-order chi connectivity index (χ0) is 17.5. The molecule has 0 aliphatic carbocycles. The summed E-state index contributed by atoms with van der Waals surface area (Å²) in [5.41, 5.74) is 0.320. The number of benzene rings is 1. The Morgan fingerprint density at radius 3 is 2.83 bits per heavy atom. The van der Waals surface area contributed by atoms with Gasteiger partial charge < -0.3 is 9.64 Å². The van der Waals surface area contributed by atoms with E-state index in [0.29, 0.717) is 22.8 Å². The molecule has 1 aromatic carbocycles. The van der Waals surface area contributed by atoms with E-state index in [4.69, 9.17) is 27.9 Å². The molecule has 0 N–H and O–H groups in total. The smallest absolute Gasteiger partial charge is 0.330 e. The molecule has 2 aliphatic rings. The third-order valence-corrected chi connectivity index (χ3v) is 6.55. The molecule has 2 saturated heterocycles. The van der Waals surface area contributed by atoms with Crippen LogP contribution in [0.4, 0.5) is 0 Å². The van der Waals surface area contributed by atoms with Gasteiger partial charge in [-0.15, -0.1) is 11.8 Å². The number of rotatable bonds is 4. The van der Waals surface area contributed by atoms with Crippen molar-refractivity contribution in [1.82, 2.24) is 4.90 Å². The molecular weight excluding hydrogens is 373 g/mol. The van der Waals surface area contributed by atoms with Crippen LogP contribution < -0.4 is 0 Å². The molecule has 24 heavy (non-hydrogen) atoms. The fourth-order valence-corrected chi connectivity index (χ4v) is 4.70. The van der Waals surface area contributed by atoms with E-state index in [0.717, 1.165) is 6.42 Å². The maximum absolute atomic E-state index is 12.3. The van der Waals surface area contributed by atoms with E-state index in [9.17, 15) is 14.4 Å². The fraction of sp³-hybridized carbons (Fsp3) is 0.438. The quantitative estimate of drug-likeness (QED) is 0.586. The van der Waals surface area contributed by atoms with E-state index in [1.54, 1.807) is 16.7 Å². The van der Waals surface area contributed by atoms with Gasteiger partial charge in [-0.25, -0.2) is 4.79 Å². The molecule has 128 valence electrons. The van der Waals surface area contributed by atoms with E-state index < -0.39 is 18.6 Å². The largest absolute Gasteiger partial charge is 0.456 e. The minimum atomic E-state index is -0.628. The standard InChI is InChI=1S/C16H15Cl2NO4S/c1-16-5-4-14(21)19(16)12(8-24-16)15(22)23-7-13(20)9-2-3-10(17)11(18)6-9/h2-3,6,12H,4-5,7-8H2,1H3/t12-,16+/m1/s1. The van der Waals surface area contributed by atoms with Gasteiger partial charge in [-0.2, -0.15) is 0 Å². The Morgan fingerprint density at radius 1 is 1.38 bits per heavy atom. The second-order valence-electron chi connectivity index (χ2n) is 5.93. The highest BCUT2D eigenvalue weighted by Gasteiger charge is 2.53. The van der Waals surface area contributed by atoms with Crippen molar-refractivity contribution in [3.05, 3.63) is 33.8 Å². The van der Waals surface area contributed by atoms with E-state index in [1.165, 1.54) is 18.2 Å². The van der Waals surface area contributed by atoms with Crippen molar-refractivity contribution < 1.29 is 19.1 Å². The minimum Gasteiger partial charge on any atom is -0.456 e. The number of fused-ring (bicyclic) bond motifs is 1. The van der Waals surface area contributed by atoms with Crippen LogP contribution in [0.1, 0.15) is 30.1 Å². The van der Waals surface area contributed by atoms with E-state index in [1.807, 2.05) is 6.92 Å². The summed E-state index contributed by atoms with van der Waals surface area (Å²) < 4.78 is 5.14. The monoisotopic (exact) mass is 387 g/mol. The van der Waals surface area contributed by atoms with Crippen molar-refractivity contribution in [1.29, 1.82) is 0 Å². The number of ketones is 1. The van der Waals surface area contributed by atoms with Crippen LogP contribution in [0.3, 0.4) is 0 Å². The molecule has 1 amide bonds. The van der Waals surface area contributed by atoms with Gasteiger partial charge in [0, 0.05) is 17.7 Å². The van der Waals surface area contributed by atoms with Crippen LogP contribution in [0.15, 0.2) is 18.2 Å². The number of amides is 1. The van der Waals surface area contributed by atoms with Crippen molar-refractivity contribution in [2.45, 2.75) is 30.7 Å². The first-order valence-electron chi connectivity index (χ1n) is 7.43. The molecule has 2 fully saturated rings. The van der Waals surface area contributed by atoms with Crippen LogP contribution in [-0.4, -0.2) is 45.8 Å². The predicted octanol–water partition coefficient (Wildman–Crippen LogP) is 3.17. The van der Waals surface area contributed by atoms with Gasteiger partial charge in [-0.05, 0) is 31.5 Å². The number of thioether (sulfide) groups is 1. The summed E-state index contributed by atoms with van der Waals surface area (Å²) in [7, 11) is 0. The second-order valence-corrected chi connectivity index (χ2v) is 8.24. The van der Waals surface area contributed by atoms with Crippen molar-refractivity contribution in [3.63, 3.8) is 0 Å². The van der Waals surface area contributed by atoms with E-state index in [-0.39, 0.29) is 21.6 Å². The maximum Gasteiger partial charge on any atom is 0.330 e. The van der Waals surface area contributed by atoms with Crippen molar-refractivity contribution in [2.24, 2.45) is 0 Å². The lowest BCUT2D eigenvalue weighted by Crippen LogP contribution is -2.46. The lowest BCUT2D eigenvalue weighted by Gasteiger charge is -2.29. The van der Waals surface area contributed by atoms with E-state index >= 15 is 0 Å². The topological polar surface area (TPSA) is 63.7 Å². The zero-order valence-corrected chi connectivity index (χ0v) is 15.2. The van der Waals surface area contributed by atoms with Crippen LogP contribution in [0, 0.1) is 0 Å². The number of halogens is 2. The first-order chi connectivity index (χ1) is 11.3. The fourth-order valence-electron chi connectivity index (χ4n) is 2.98. The number of hydrogen-bond acceptors (Lipinski definition) is 5. The molecule has 5 nitrogen and oxygen atoms in total. The summed E-state index contributed by atoms with van der Waals surface area (Å²) in [6.07, 6.45) is 1.16. The second kappa shape index (κ2) is 6.58. The Kier molecular flexibility index (Phi) is 4.82. The first-order valence-corrected chi connectivity index (χ1v) is 9.17. The summed E-state index contributed by atoms with van der Waals surface area (Å²) in [5, 5.41) is 0.611. The molecule has 2 aliphatic heterocycles. The number of carbonyl (C=O) groups excluding carboxylic acids is 3. The highest BCUT2D eigenvalue weighted by atomic mass is 35.5. The normalized spacial score (nSPS) is 25.7. The van der Waals surface area contributed by atoms with Gasteiger partial charge in [-0.3, -0.25) is 9.59 Å². The highest BCUT2D eigenvalue weighted by Crippen LogP contribution is 2.47. The minimum absolute atomic E-state index is 0.0414. The molecule has 3 rings (SSSR count). The van der Waals surface area contributed by atoms with Gasteiger partial charge in [0.2, 0.25) is 5.91 Å². The molecule has 0 bridgehead atoms. The number of Topliss-reactive ketones (excluding diaryl/α,β-unsaturated/α-hetero) is 1. The number of hydrogen-bond donors (Lipinski definition) is 0. The molecule has 0 spiro atoms. The molecule has 2 atom stereocenters. The number of nitrogens with zero attached hydrogens (tertiary/aromatic N) is 1. The summed E-state index contributed by atoms with van der Waals surface area (Å²) in [6.45, 7) is 1.56. The summed E-state index contributed by atoms with van der Waals surface area (Å²) in [4.78, 5) is 37.7. The summed E-state index contributed by atoms with van der Waals surface area (Å²) in [6, 6.07) is 3.85. The molecule has 1 aromatic rings. The Balaban J connectivity index is 1.62. The molecule has 0 radical (unpaired) electrons. The van der Waals surface area contributed by atoms with Crippen LogP contribution in [0.2, 0.25) is 10.0 Å². The Hall–Kier alpha value is -1.24. The summed E-state index contributed by atoms with van der Waals surface area (Å²) in [5.74, 6) is -0.472.